The highest BCUT2D eigenvalue weighted by Gasteiger charge is 2.49. The van der Waals surface area contributed by atoms with Crippen molar-refractivity contribution < 1.29 is 22.7 Å². The van der Waals surface area contributed by atoms with E-state index in [-0.39, 0.29) is 36.0 Å². The van der Waals surface area contributed by atoms with Crippen LogP contribution in [0.2, 0.25) is 0 Å². The number of hydrogen-bond donors (Lipinski definition) is 2. The van der Waals surface area contributed by atoms with Crippen LogP contribution in [-0.4, -0.2) is 47.2 Å². The lowest BCUT2D eigenvalue weighted by Gasteiger charge is -2.33. The van der Waals surface area contributed by atoms with Gasteiger partial charge in [0.2, 0.25) is 0 Å². The fraction of sp³-hybridized carbons (Fsp3) is 0.750. The van der Waals surface area contributed by atoms with Crippen molar-refractivity contribution in [1.82, 2.24) is 15.1 Å². The van der Waals surface area contributed by atoms with E-state index >= 15 is 0 Å². The van der Waals surface area contributed by atoms with Gasteiger partial charge in [-0.3, -0.25) is 4.79 Å². The molecule has 2 fully saturated rings. The molecule has 1 saturated carbocycles. The first-order valence-electron chi connectivity index (χ1n) is 8.74. The summed E-state index contributed by atoms with van der Waals surface area (Å²) >= 11 is 0. The summed E-state index contributed by atoms with van der Waals surface area (Å²) < 4.78 is 46.6. The molecule has 2 aliphatic heterocycles. The fourth-order valence-corrected chi connectivity index (χ4v) is 3.62. The fourth-order valence-electron chi connectivity index (χ4n) is 3.62. The van der Waals surface area contributed by atoms with E-state index < -0.39 is 18.1 Å². The zero-order valence-electron chi connectivity index (χ0n) is 13.7. The van der Waals surface area contributed by atoms with Gasteiger partial charge in [0.05, 0.1) is 6.10 Å². The lowest BCUT2D eigenvalue weighted by atomic mass is 10.0. The molecule has 2 N–H and O–H groups in total. The van der Waals surface area contributed by atoms with Crippen molar-refractivity contribution in [2.75, 3.05) is 18.5 Å². The number of anilines is 1. The van der Waals surface area contributed by atoms with Crippen LogP contribution < -0.4 is 10.6 Å². The molecular weight excluding hydrogens is 337 g/mol. The molecule has 138 valence electrons. The molecule has 3 atom stereocenters. The molecule has 0 bridgehead atoms. The summed E-state index contributed by atoms with van der Waals surface area (Å²) in [6.07, 6.45) is -0.724. The Kier molecular flexibility index (Phi) is 4.13. The summed E-state index contributed by atoms with van der Waals surface area (Å²) in [4.78, 5) is 12.3. The number of hydrogen-bond acceptors (Lipinski definition) is 4. The number of carbonyl (C=O) groups is 1. The van der Waals surface area contributed by atoms with Crippen LogP contribution >= 0.6 is 0 Å². The number of aromatic nitrogens is 2. The van der Waals surface area contributed by atoms with E-state index in [1.165, 1.54) is 6.07 Å². The normalized spacial score (nSPS) is 29.2. The van der Waals surface area contributed by atoms with E-state index in [2.05, 4.69) is 15.7 Å². The molecule has 9 heteroatoms. The second-order valence-corrected chi connectivity index (χ2v) is 7.09. The van der Waals surface area contributed by atoms with Gasteiger partial charge in [0.1, 0.15) is 5.82 Å². The maximum absolute atomic E-state index is 13.4. The molecular formula is C16H21F3N4O2. The Morgan fingerprint density at radius 1 is 1.40 bits per heavy atom. The topological polar surface area (TPSA) is 68.2 Å². The summed E-state index contributed by atoms with van der Waals surface area (Å²) in [6.45, 7) is 1.03. The Morgan fingerprint density at radius 3 is 2.84 bits per heavy atom. The van der Waals surface area contributed by atoms with Crippen LogP contribution in [0.15, 0.2) is 6.07 Å². The van der Waals surface area contributed by atoms with E-state index in [4.69, 9.17) is 4.74 Å². The summed E-state index contributed by atoms with van der Waals surface area (Å²) in [5.41, 5.74) is 0.00574. The number of alkyl halides is 3. The molecule has 0 aromatic carbocycles. The Labute approximate surface area is 143 Å². The molecule has 4 rings (SSSR count). The van der Waals surface area contributed by atoms with Gasteiger partial charge in [-0.1, -0.05) is 0 Å². The molecule has 1 aromatic heterocycles. The van der Waals surface area contributed by atoms with Crippen molar-refractivity contribution in [3.05, 3.63) is 11.8 Å². The maximum Gasteiger partial charge on any atom is 0.410 e. The Balaban J connectivity index is 1.50. The SMILES string of the molecule is O=C(NCC1CCCO1)c1cc2n(n1)C(C(F)(F)F)CC(C1CC1)N2. The highest BCUT2D eigenvalue weighted by molar-refractivity contribution is 5.93. The molecule has 1 aliphatic carbocycles. The smallest absolute Gasteiger partial charge is 0.376 e. The van der Waals surface area contributed by atoms with Crippen molar-refractivity contribution in [2.24, 2.45) is 5.92 Å². The van der Waals surface area contributed by atoms with E-state index in [1.807, 2.05) is 0 Å². The number of fused-ring (bicyclic) bond motifs is 1. The lowest BCUT2D eigenvalue weighted by molar-refractivity contribution is -0.174. The highest BCUT2D eigenvalue weighted by Crippen LogP contribution is 2.45. The summed E-state index contributed by atoms with van der Waals surface area (Å²) in [7, 11) is 0. The minimum atomic E-state index is -4.39. The zero-order valence-corrected chi connectivity index (χ0v) is 13.7. The van der Waals surface area contributed by atoms with Crippen LogP contribution in [0.5, 0.6) is 0 Å². The molecule has 1 saturated heterocycles. The number of nitrogens with zero attached hydrogens (tertiary/aromatic N) is 2. The first-order valence-corrected chi connectivity index (χ1v) is 8.74. The van der Waals surface area contributed by atoms with E-state index in [1.54, 1.807) is 0 Å². The van der Waals surface area contributed by atoms with Crippen LogP contribution in [0.3, 0.4) is 0 Å². The van der Waals surface area contributed by atoms with Crippen LogP contribution in [0.4, 0.5) is 19.0 Å². The number of rotatable bonds is 4. The molecule has 6 nitrogen and oxygen atoms in total. The molecule has 0 radical (unpaired) electrons. The minimum absolute atomic E-state index is 0.00574. The Morgan fingerprint density at radius 2 is 2.20 bits per heavy atom. The van der Waals surface area contributed by atoms with Crippen LogP contribution in [-0.2, 0) is 4.74 Å². The number of halogens is 3. The van der Waals surface area contributed by atoms with Crippen molar-refractivity contribution in [3.8, 4) is 0 Å². The molecule has 25 heavy (non-hydrogen) atoms. The van der Waals surface area contributed by atoms with E-state index in [0.29, 0.717) is 13.2 Å². The molecule has 1 aromatic rings. The van der Waals surface area contributed by atoms with Crippen molar-refractivity contribution in [1.29, 1.82) is 0 Å². The van der Waals surface area contributed by atoms with Gasteiger partial charge in [0.15, 0.2) is 11.7 Å². The molecule has 1 amide bonds. The summed E-state index contributed by atoms with van der Waals surface area (Å²) in [5.74, 6) is 0.0844. The van der Waals surface area contributed by atoms with Gasteiger partial charge in [-0.25, -0.2) is 4.68 Å². The number of ether oxygens (including phenoxy) is 1. The van der Waals surface area contributed by atoms with Gasteiger partial charge in [-0.2, -0.15) is 18.3 Å². The molecule has 3 heterocycles. The largest absolute Gasteiger partial charge is 0.410 e. The molecule has 3 unspecified atom stereocenters. The summed E-state index contributed by atoms with van der Waals surface area (Å²) in [6, 6.07) is -0.481. The predicted octanol–water partition coefficient (Wildman–Crippen LogP) is 2.49. The van der Waals surface area contributed by atoms with Crippen LogP contribution in [0.25, 0.3) is 0 Å². The van der Waals surface area contributed by atoms with Gasteiger partial charge in [-0.15, -0.1) is 0 Å². The standard InChI is InChI=1S/C16H21F3N4O2/c17-16(18,19)13-6-11(9-3-4-9)21-14-7-12(22-23(13)14)15(24)20-8-10-2-1-5-25-10/h7,9-11,13,21H,1-6,8H2,(H,20,24). The monoisotopic (exact) mass is 358 g/mol. The van der Waals surface area contributed by atoms with Crippen molar-refractivity contribution >= 4 is 11.7 Å². The van der Waals surface area contributed by atoms with Crippen LogP contribution in [0, 0.1) is 5.92 Å². The quantitative estimate of drug-likeness (QED) is 0.868. The number of carbonyl (C=O) groups excluding carboxylic acids is 1. The van der Waals surface area contributed by atoms with Gasteiger partial charge in [0, 0.05) is 25.3 Å². The molecule has 0 spiro atoms. The van der Waals surface area contributed by atoms with Gasteiger partial charge in [-0.05, 0) is 38.0 Å². The predicted molar refractivity (Wildman–Crippen MR) is 83.4 cm³/mol. The van der Waals surface area contributed by atoms with Gasteiger partial charge < -0.3 is 15.4 Å². The maximum atomic E-state index is 13.4. The zero-order chi connectivity index (χ0) is 17.6. The average Bonchev–Trinajstić information content (AvgIpc) is 3.11. The summed E-state index contributed by atoms with van der Waals surface area (Å²) in [5, 5.41) is 9.77. The van der Waals surface area contributed by atoms with E-state index in [0.717, 1.165) is 30.4 Å². The minimum Gasteiger partial charge on any atom is -0.376 e. The second kappa shape index (κ2) is 6.19. The third kappa shape index (κ3) is 3.47. The average molecular weight is 358 g/mol. The number of nitrogens with one attached hydrogen (secondary N) is 2. The van der Waals surface area contributed by atoms with Gasteiger partial charge >= 0.3 is 6.18 Å². The first-order chi connectivity index (χ1) is 11.9. The first kappa shape index (κ1) is 16.7. The van der Waals surface area contributed by atoms with E-state index in [9.17, 15) is 18.0 Å². The Hall–Kier alpha value is -1.77. The molecule has 3 aliphatic rings. The van der Waals surface area contributed by atoms with Crippen molar-refractivity contribution in [3.63, 3.8) is 0 Å². The van der Waals surface area contributed by atoms with Gasteiger partial charge in [0.25, 0.3) is 5.91 Å². The third-order valence-electron chi connectivity index (χ3n) is 5.16. The Bertz CT molecular complexity index is 650. The van der Waals surface area contributed by atoms with Crippen molar-refractivity contribution in [2.45, 2.75) is 56.5 Å². The number of amides is 1. The van der Waals surface area contributed by atoms with Crippen LogP contribution in [0.1, 0.15) is 48.6 Å². The lowest BCUT2D eigenvalue weighted by Crippen LogP contribution is -2.40. The second-order valence-electron chi connectivity index (χ2n) is 7.09. The third-order valence-corrected chi connectivity index (χ3v) is 5.16. The highest BCUT2D eigenvalue weighted by atomic mass is 19.4.